The zero-order valence-electron chi connectivity index (χ0n) is 8.72. The minimum Gasteiger partial charge on any atom is -0.508 e. The molecule has 16 heavy (non-hydrogen) atoms. The van der Waals surface area contributed by atoms with Crippen LogP contribution in [0.1, 0.15) is 5.56 Å². The number of rotatable bonds is 3. The maximum Gasteiger partial charge on any atom is 0.175 e. The molecule has 0 saturated heterocycles. The van der Waals surface area contributed by atoms with Crippen LogP contribution < -0.4 is 4.74 Å². The van der Waals surface area contributed by atoms with E-state index in [1.165, 1.54) is 0 Å². The molecule has 0 atom stereocenters. The number of methoxy groups -OCH3 is 1. The standard InChI is InChI=1S/C11H11ClN2O2/c1-16-10-6-13-14(11(10)12)7-8-3-2-4-9(15)5-8/h2-6,15H,7H2,1H3. The molecule has 84 valence electrons. The van der Waals surface area contributed by atoms with Crippen molar-refractivity contribution in [2.45, 2.75) is 6.54 Å². The highest BCUT2D eigenvalue weighted by molar-refractivity contribution is 6.31. The van der Waals surface area contributed by atoms with Gasteiger partial charge in [-0.1, -0.05) is 23.7 Å². The summed E-state index contributed by atoms with van der Waals surface area (Å²) < 4.78 is 6.63. The first-order valence-electron chi connectivity index (χ1n) is 4.74. The van der Waals surface area contributed by atoms with Crippen molar-refractivity contribution >= 4 is 11.6 Å². The normalized spacial score (nSPS) is 10.4. The van der Waals surface area contributed by atoms with E-state index in [4.69, 9.17) is 16.3 Å². The maximum atomic E-state index is 9.32. The van der Waals surface area contributed by atoms with E-state index >= 15 is 0 Å². The van der Waals surface area contributed by atoms with Crippen LogP contribution in [0.15, 0.2) is 30.5 Å². The second-order valence-corrected chi connectivity index (χ2v) is 3.69. The fourth-order valence-corrected chi connectivity index (χ4v) is 1.66. The summed E-state index contributed by atoms with van der Waals surface area (Å²) in [5.74, 6) is 0.773. The predicted molar refractivity (Wildman–Crippen MR) is 61.0 cm³/mol. The number of halogens is 1. The van der Waals surface area contributed by atoms with Gasteiger partial charge < -0.3 is 9.84 Å². The molecule has 0 spiro atoms. The molecular formula is C11H11ClN2O2. The topological polar surface area (TPSA) is 47.3 Å². The Morgan fingerprint density at radius 1 is 1.50 bits per heavy atom. The number of aromatic nitrogens is 2. The fourth-order valence-electron chi connectivity index (χ4n) is 1.43. The number of hydrogen-bond donors (Lipinski definition) is 1. The minimum absolute atomic E-state index is 0.229. The Balaban J connectivity index is 2.24. The summed E-state index contributed by atoms with van der Waals surface area (Å²) in [6.07, 6.45) is 1.56. The van der Waals surface area contributed by atoms with Crippen molar-refractivity contribution in [2.24, 2.45) is 0 Å². The average Bonchev–Trinajstić information content (AvgIpc) is 2.60. The Morgan fingerprint density at radius 2 is 2.31 bits per heavy atom. The van der Waals surface area contributed by atoms with Crippen LogP contribution >= 0.6 is 11.6 Å². The van der Waals surface area contributed by atoms with E-state index in [0.717, 1.165) is 5.56 Å². The molecule has 0 amide bonds. The number of benzene rings is 1. The van der Waals surface area contributed by atoms with Crippen molar-refractivity contribution in [1.82, 2.24) is 9.78 Å². The predicted octanol–water partition coefficient (Wildman–Crippen LogP) is 2.30. The number of aromatic hydroxyl groups is 1. The van der Waals surface area contributed by atoms with E-state index in [-0.39, 0.29) is 5.75 Å². The first kappa shape index (κ1) is 10.8. The van der Waals surface area contributed by atoms with Crippen molar-refractivity contribution < 1.29 is 9.84 Å². The van der Waals surface area contributed by atoms with Gasteiger partial charge in [-0.3, -0.25) is 0 Å². The number of ether oxygens (including phenoxy) is 1. The second-order valence-electron chi connectivity index (χ2n) is 3.33. The summed E-state index contributed by atoms with van der Waals surface area (Å²) in [5, 5.41) is 13.9. The highest BCUT2D eigenvalue weighted by atomic mass is 35.5. The molecule has 4 nitrogen and oxygen atoms in total. The van der Waals surface area contributed by atoms with Crippen molar-refractivity contribution in [1.29, 1.82) is 0 Å². The maximum absolute atomic E-state index is 9.32. The molecule has 0 bridgehead atoms. The van der Waals surface area contributed by atoms with Gasteiger partial charge in [0.2, 0.25) is 0 Å². The molecule has 2 aromatic rings. The Kier molecular flexibility index (Phi) is 3.01. The third-order valence-electron chi connectivity index (χ3n) is 2.21. The molecule has 0 unspecified atom stereocenters. The van der Waals surface area contributed by atoms with Crippen LogP contribution in [-0.4, -0.2) is 22.0 Å². The largest absolute Gasteiger partial charge is 0.508 e. The van der Waals surface area contributed by atoms with Crippen LogP contribution in [0.4, 0.5) is 0 Å². The summed E-state index contributed by atoms with van der Waals surface area (Å²) in [7, 11) is 1.54. The van der Waals surface area contributed by atoms with Gasteiger partial charge in [0, 0.05) is 0 Å². The second kappa shape index (κ2) is 4.45. The lowest BCUT2D eigenvalue weighted by Crippen LogP contribution is -2.01. The Morgan fingerprint density at radius 3 is 2.94 bits per heavy atom. The van der Waals surface area contributed by atoms with E-state index in [2.05, 4.69) is 5.10 Å². The van der Waals surface area contributed by atoms with Crippen LogP contribution in [0.3, 0.4) is 0 Å². The lowest BCUT2D eigenvalue weighted by atomic mass is 10.2. The zero-order chi connectivity index (χ0) is 11.5. The van der Waals surface area contributed by atoms with Gasteiger partial charge in [-0.2, -0.15) is 5.10 Å². The fraction of sp³-hybridized carbons (Fsp3) is 0.182. The van der Waals surface area contributed by atoms with Gasteiger partial charge in [-0.05, 0) is 17.7 Å². The third kappa shape index (κ3) is 2.12. The molecular weight excluding hydrogens is 228 g/mol. The van der Waals surface area contributed by atoms with Gasteiger partial charge in [0.25, 0.3) is 0 Å². The summed E-state index contributed by atoms with van der Waals surface area (Å²) in [4.78, 5) is 0. The molecule has 5 heteroatoms. The van der Waals surface area contributed by atoms with E-state index in [0.29, 0.717) is 17.4 Å². The first-order valence-corrected chi connectivity index (χ1v) is 5.11. The number of phenols is 1. The first-order chi connectivity index (χ1) is 7.70. The Labute approximate surface area is 98.0 Å². The Bertz CT molecular complexity index is 496. The number of phenolic OH excluding ortho intramolecular Hbond substituents is 1. The van der Waals surface area contributed by atoms with Crippen molar-refractivity contribution in [2.75, 3.05) is 7.11 Å². The smallest absolute Gasteiger partial charge is 0.175 e. The molecule has 0 saturated carbocycles. The van der Waals surface area contributed by atoms with Crippen LogP contribution in [0.25, 0.3) is 0 Å². The quantitative estimate of drug-likeness (QED) is 0.893. The molecule has 0 aliphatic rings. The van der Waals surface area contributed by atoms with Gasteiger partial charge in [-0.25, -0.2) is 4.68 Å². The van der Waals surface area contributed by atoms with Crippen LogP contribution in [-0.2, 0) is 6.54 Å². The van der Waals surface area contributed by atoms with Crippen molar-refractivity contribution in [3.8, 4) is 11.5 Å². The number of hydrogen-bond acceptors (Lipinski definition) is 3. The third-order valence-corrected chi connectivity index (χ3v) is 2.59. The van der Waals surface area contributed by atoms with Crippen molar-refractivity contribution in [3.63, 3.8) is 0 Å². The average molecular weight is 239 g/mol. The molecule has 2 rings (SSSR count). The summed E-state index contributed by atoms with van der Waals surface area (Å²) in [6, 6.07) is 6.96. The lowest BCUT2D eigenvalue weighted by molar-refractivity contribution is 0.414. The minimum atomic E-state index is 0.229. The van der Waals surface area contributed by atoms with Crippen LogP contribution in [0.5, 0.6) is 11.5 Å². The highest BCUT2D eigenvalue weighted by Gasteiger charge is 2.08. The van der Waals surface area contributed by atoms with Gasteiger partial charge in [-0.15, -0.1) is 0 Å². The van der Waals surface area contributed by atoms with E-state index in [1.807, 2.05) is 6.07 Å². The van der Waals surface area contributed by atoms with Gasteiger partial charge in [0.1, 0.15) is 5.75 Å². The summed E-state index contributed by atoms with van der Waals surface area (Å²) >= 11 is 6.03. The molecule has 0 aliphatic heterocycles. The molecule has 1 aromatic carbocycles. The van der Waals surface area contributed by atoms with E-state index in [1.54, 1.807) is 36.2 Å². The van der Waals surface area contributed by atoms with Gasteiger partial charge in [0.15, 0.2) is 10.9 Å². The molecule has 1 aromatic heterocycles. The van der Waals surface area contributed by atoms with Gasteiger partial charge >= 0.3 is 0 Å². The van der Waals surface area contributed by atoms with E-state index in [9.17, 15) is 5.11 Å². The summed E-state index contributed by atoms with van der Waals surface area (Å²) in [5.41, 5.74) is 0.924. The van der Waals surface area contributed by atoms with Crippen molar-refractivity contribution in [3.05, 3.63) is 41.2 Å². The highest BCUT2D eigenvalue weighted by Crippen LogP contribution is 2.24. The molecule has 0 fully saturated rings. The monoisotopic (exact) mass is 238 g/mol. The van der Waals surface area contributed by atoms with Gasteiger partial charge in [0.05, 0.1) is 19.9 Å². The Hall–Kier alpha value is -1.68. The number of nitrogens with zero attached hydrogens (tertiary/aromatic N) is 2. The SMILES string of the molecule is COc1cnn(Cc2cccc(O)c2)c1Cl. The lowest BCUT2D eigenvalue weighted by Gasteiger charge is -2.04. The van der Waals surface area contributed by atoms with Crippen LogP contribution in [0, 0.1) is 0 Å². The molecule has 1 N–H and O–H groups in total. The molecule has 0 radical (unpaired) electrons. The zero-order valence-corrected chi connectivity index (χ0v) is 9.48. The van der Waals surface area contributed by atoms with E-state index < -0.39 is 0 Å². The van der Waals surface area contributed by atoms with Crippen LogP contribution in [0.2, 0.25) is 5.15 Å². The molecule has 0 aliphatic carbocycles. The molecule has 1 heterocycles. The summed E-state index contributed by atoms with van der Waals surface area (Å²) in [6.45, 7) is 0.497.